The number of aromatic nitrogens is 2. The first-order valence-corrected chi connectivity index (χ1v) is 5.39. The maximum absolute atomic E-state index is 10.9. The van der Waals surface area contributed by atoms with Crippen molar-refractivity contribution in [1.29, 1.82) is 0 Å². The molecule has 1 heterocycles. The molecule has 0 saturated heterocycles. The van der Waals surface area contributed by atoms with Crippen molar-refractivity contribution in [2.75, 3.05) is 6.26 Å². The summed E-state index contributed by atoms with van der Waals surface area (Å²) in [5, 5.41) is 9.26. The number of nitrogens with two attached hydrogens (primary N) is 1. The van der Waals surface area contributed by atoms with Gasteiger partial charge in [0, 0.05) is 17.8 Å². The third kappa shape index (κ3) is 3.06. The quantitative estimate of drug-likeness (QED) is 0.447. The van der Waals surface area contributed by atoms with E-state index in [0.717, 1.165) is 6.08 Å². The molecule has 1 amide bonds. The maximum atomic E-state index is 10.9. The van der Waals surface area contributed by atoms with Crippen molar-refractivity contribution >= 4 is 29.7 Å². The Kier molecular flexibility index (Phi) is 4.01. The summed E-state index contributed by atoms with van der Waals surface area (Å²) in [6.45, 7) is 0. The van der Waals surface area contributed by atoms with Gasteiger partial charge < -0.3 is 10.8 Å². The van der Waals surface area contributed by atoms with Gasteiger partial charge in [-0.1, -0.05) is 11.8 Å². The van der Waals surface area contributed by atoms with Crippen LogP contribution in [0.15, 0.2) is 17.4 Å². The number of hydrogen-bond donors (Lipinski definition) is 2. The number of rotatable bonds is 4. The number of carboxylic acid groups (broad SMARTS) is 1. The van der Waals surface area contributed by atoms with Gasteiger partial charge in [0.05, 0.1) is 0 Å². The van der Waals surface area contributed by atoms with E-state index in [0.29, 0.717) is 5.16 Å². The minimum absolute atomic E-state index is 0.156. The van der Waals surface area contributed by atoms with Crippen LogP contribution in [0.3, 0.4) is 0 Å². The molecular weight excluding hydrogens is 230 g/mol. The number of amides is 1. The fourth-order valence-corrected chi connectivity index (χ4v) is 1.28. The van der Waals surface area contributed by atoms with Gasteiger partial charge >= 0.3 is 5.97 Å². The van der Waals surface area contributed by atoms with E-state index in [4.69, 9.17) is 10.8 Å². The maximum Gasteiger partial charge on any atom is 0.355 e. The molecule has 0 radical (unpaired) electrons. The van der Waals surface area contributed by atoms with Crippen LogP contribution in [0, 0.1) is 0 Å². The monoisotopic (exact) mass is 239 g/mol. The Labute approximate surface area is 95.6 Å². The Hall–Kier alpha value is -1.89. The lowest BCUT2D eigenvalue weighted by Gasteiger charge is -2.01. The average Bonchev–Trinajstić information content (AvgIpc) is 2.25. The first-order chi connectivity index (χ1) is 7.54. The molecule has 0 aliphatic rings. The molecule has 16 heavy (non-hydrogen) atoms. The van der Waals surface area contributed by atoms with Gasteiger partial charge in [-0.15, -0.1) is 0 Å². The Morgan fingerprint density at radius 2 is 2.25 bits per heavy atom. The summed E-state index contributed by atoms with van der Waals surface area (Å²) in [4.78, 5) is 29.1. The number of carboxylic acids is 1. The Bertz CT molecular complexity index is 459. The molecule has 7 heteroatoms. The molecule has 0 atom stereocenters. The summed E-state index contributed by atoms with van der Waals surface area (Å²) in [5.74, 6) is -1.84. The standard InChI is InChI=1S/C9H9N3O3S/c1-16-9-11-4-5(2-3-6(10)13)7(12-9)8(14)15/h2-4H,1H3,(H2,10,13)(H,14,15). The van der Waals surface area contributed by atoms with Crippen LogP contribution in [0.2, 0.25) is 0 Å². The van der Waals surface area contributed by atoms with Crippen LogP contribution in [0.1, 0.15) is 16.1 Å². The normalized spacial score (nSPS) is 10.6. The summed E-state index contributed by atoms with van der Waals surface area (Å²) in [5.41, 5.74) is 4.99. The number of thioether (sulfide) groups is 1. The molecule has 1 aromatic rings. The van der Waals surface area contributed by atoms with Crippen molar-refractivity contribution in [1.82, 2.24) is 9.97 Å². The molecule has 6 nitrogen and oxygen atoms in total. The predicted molar refractivity (Wildman–Crippen MR) is 59.0 cm³/mol. The summed E-state index contributed by atoms with van der Waals surface area (Å²) in [7, 11) is 0. The van der Waals surface area contributed by atoms with Gasteiger partial charge in [0.25, 0.3) is 0 Å². The van der Waals surface area contributed by atoms with Gasteiger partial charge in [0.1, 0.15) is 0 Å². The minimum Gasteiger partial charge on any atom is -0.476 e. The van der Waals surface area contributed by atoms with Gasteiger partial charge in [-0.05, 0) is 12.3 Å². The van der Waals surface area contributed by atoms with Gasteiger partial charge in [-0.25, -0.2) is 14.8 Å². The zero-order valence-corrected chi connectivity index (χ0v) is 9.19. The van der Waals surface area contributed by atoms with E-state index < -0.39 is 11.9 Å². The first-order valence-electron chi connectivity index (χ1n) is 4.16. The molecule has 1 aromatic heterocycles. The lowest BCUT2D eigenvalue weighted by Crippen LogP contribution is -2.08. The molecule has 0 fully saturated rings. The largest absolute Gasteiger partial charge is 0.476 e. The Morgan fingerprint density at radius 3 is 2.75 bits per heavy atom. The highest BCUT2D eigenvalue weighted by Crippen LogP contribution is 2.13. The summed E-state index contributed by atoms with van der Waals surface area (Å²) >= 11 is 1.23. The average molecular weight is 239 g/mol. The van der Waals surface area contributed by atoms with Crippen LogP contribution in [-0.2, 0) is 4.79 Å². The van der Waals surface area contributed by atoms with Crippen LogP contribution < -0.4 is 5.73 Å². The van der Waals surface area contributed by atoms with Crippen LogP contribution in [0.25, 0.3) is 6.08 Å². The number of nitrogens with zero attached hydrogens (tertiary/aromatic N) is 2. The second kappa shape index (κ2) is 5.26. The fraction of sp³-hybridized carbons (Fsp3) is 0.111. The second-order valence-electron chi connectivity index (χ2n) is 2.70. The highest BCUT2D eigenvalue weighted by Gasteiger charge is 2.11. The minimum atomic E-state index is -1.18. The zero-order valence-electron chi connectivity index (χ0n) is 8.38. The Morgan fingerprint density at radius 1 is 1.56 bits per heavy atom. The molecule has 0 aliphatic heterocycles. The van der Waals surface area contributed by atoms with E-state index in [-0.39, 0.29) is 11.3 Å². The van der Waals surface area contributed by atoms with Crippen LogP contribution in [0.5, 0.6) is 0 Å². The summed E-state index contributed by atoms with van der Waals surface area (Å²) in [6, 6.07) is 0. The van der Waals surface area contributed by atoms with Crippen LogP contribution >= 0.6 is 11.8 Å². The van der Waals surface area contributed by atoms with Crippen LogP contribution in [-0.4, -0.2) is 33.2 Å². The molecule has 1 rings (SSSR count). The van der Waals surface area contributed by atoms with E-state index in [9.17, 15) is 9.59 Å². The number of carbonyl (C=O) groups is 2. The smallest absolute Gasteiger partial charge is 0.355 e. The van der Waals surface area contributed by atoms with Gasteiger partial charge in [0.2, 0.25) is 5.91 Å². The number of carbonyl (C=O) groups excluding carboxylic acids is 1. The molecule has 0 aliphatic carbocycles. The van der Waals surface area contributed by atoms with Gasteiger partial charge in [-0.3, -0.25) is 4.79 Å². The highest BCUT2D eigenvalue weighted by atomic mass is 32.2. The van der Waals surface area contributed by atoms with E-state index in [1.165, 1.54) is 24.0 Å². The fourth-order valence-electron chi connectivity index (χ4n) is 0.938. The van der Waals surface area contributed by atoms with Crippen molar-refractivity contribution < 1.29 is 14.7 Å². The van der Waals surface area contributed by atoms with Crippen molar-refractivity contribution in [2.45, 2.75) is 5.16 Å². The first kappa shape index (κ1) is 12.2. The zero-order chi connectivity index (χ0) is 12.1. The molecule has 0 unspecified atom stereocenters. The number of hydrogen-bond acceptors (Lipinski definition) is 5. The SMILES string of the molecule is CSc1ncc(C=CC(N)=O)c(C(=O)O)n1. The summed E-state index contributed by atoms with van der Waals surface area (Å²) in [6.07, 6.45) is 5.40. The molecule has 84 valence electrons. The molecule has 0 aromatic carbocycles. The third-order valence-electron chi connectivity index (χ3n) is 1.61. The van der Waals surface area contributed by atoms with E-state index in [2.05, 4.69) is 9.97 Å². The van der Waals surface area contributed by atoms with E-state index in [1.54, 1.807) is 6.26 Å². The topological polar surface area (TPSA) is 106 Å². The van der Waals surface area contributed by atoms with E-state index >= 15 is 0 Å². The second-order valence-corrected chi connectivity index (χ2v) is 3.47. The van der Waals surface area contributed by atoms with E-state index in [1.807, 2.05) is 0 Å². The van der Waals surface area contributed by atoms with Crippen molar-refractivity contribution in [2.24, 2.45) is 5.73 Å². The molecule has 3 N–H and O–H groups in total. The number of primary amides is 1. The van der Waals surface area contributed by atoms with Gasteiger partial charge in [-0.2, -0.15) is 0 Å². The molecular formula is C9H9N3O3S. The lowest BCUT2D eigenvalue weighted by atomic mass is 10.2. The number of aromatic carboxylic acids is 1. The third-order valence-corrected chi connectivity index (χ3v) is 2.17. The van der Waals surface area contributed by atoms with Gasteiger partial charge in [0.15, 0.2) is 10.9 Å². The van der Waals surface area contributed by atoms with Crippen LogP contribution in [0.4, 0.5) is 0 Å². The molecule has 0 bridgehead atoms. The Balaban J connectivity index is 3.18. The highest BCUT2D eigenvalue weighted by molar-refractivity contribution is 7.98. The predicted octanol–water partition coefficient (Wildman–Crippen LogP) is 0.395. The lowest BCUT2D eigenvalue weighted by molar-refractivity contribution is -0.113. The molecule has 0 spiro atoms. The molecule has 0 saturated carbocycles. The van der Waals surface area contributed by atoms with Crippen molar-refractivity contribution in [3.05, 3.63) is 23.5 Å². The van der Waals surface area contributed by atoms with Crippen molar-refractivity contribution in [3.63, 3.8) is 0 Å². The summed E-state index contributed by atoms with van der Waals surface area (Å²) < 4.78 is 0. The van der Waals surface area contributed by atoms with Crippen molar-refractivity contribution in [3.8, 4) is 0 Å².